The van der Waals surface area contributed by atoms with Gasteiger partial charge in [0.25, 0.3) is 0 Å². The molecule has 0 amide bonds. The van der Waals surface area contributed by atoms with E-state index in [4.69, 9.17) is 4.74 Å². The van der Waals surface area contributed by atoms with E-state index in [0.717, 1.165) is 15.4 Å². The number of rotatable bonds is 4. The Labute approximate surface area is 160 Å². The van der Waals surface area contributed by atoms with Gasteiger partial charge in [-0.1, -0.05) is 64.5 Å². The van der Waals surface area contributed by atoms with Crippen molar-refractivity contribution >= 4 is 43.6 Å². The van der Waals surface area contributed by atoms with Crippen molar-refractivity contribution < 1.29 is 9.53 Å². The van der Waals surface area contributed by atoms with Crippen LogP contribution in [0.25, 0.3) is 21.7 Å². The molecule has 0 saturated heterocycles. The second kappa shape index (κ2) is 6.96. The molecule has 0 unspecified atom stereocenters. The Morgan fingerprint density at radius 1 is 1.00 bits per heavy atom. The molecule has 0 aliphatic carbocycles. The van der Waals surface area contributed by atoms with Crippen LogP contribution in [0, 0.1) is 0 Å². The maximum atomic E-state index is 12.5. The van der Waals surface area contributed by atoms with Gasteiger partial charge in [-0.25, -0.2) is 4.79 Å². The van der Waals surface area contributed by atoms with E-state index >= 15 is 0 Å². The zero-order chi connectivity index (χ0) is 18.1. The second-order valence-electron chi connectivity index (χ2n) is 6.18. The van der Waals surface area contributed by atoms with Crippen molar-refractivity contribution in [3.8, 4) is 0 Å². The average molecular weight is 408 g/mol. The van der Waals surface area contributed by atoms with Gasteiger partial charge in [-0.05, 0) is 41.5 Å². The Kier molecular flexibility index (Phi) is 4.51. The summed E-state index contributed by atoms with van der Waals surface area (Å²) in [5.41, 5.74) is 2.76. The minimum absolute atomic E-state index is 0.292. The van der Waals surface area contributed by atoms with Crippen molar-refractivity contribution in [2.75, 3.05) is 6.61 Å². The van der Waals surface area contributed by atoms with Crippen molar-refractivity contribution in [1.82, 2.24) is 4.57 Å². The fraction of sp³-hybridized carbons (Fsp3) is 0.136. The lowest BCUT2D eigenvalue weighted by atomic mass is 10.0. The maximum Gasteiger partial charge on any atom is 0.354 e. The van der Waals surface area contributed by atoms with Crippen molar-refractivity contribution in [2.24, 2.45) is 0 Å². The zero-order valence-electron chi connectivity index (χ0n) is 14.4. The summed E-state index contributed by atoms with van der Waals surface area (Å²) in [5.74, 6) is -0.292. The Balaban J connectivity index is 1.90. The highest BCUT2D eigenvalue weighted by Crippen LogP contribution is 2.27. The van der Waals surface area contributed by atoms with Gasteiger partial charge < -0.3 is 9.30 Å². The highest BCUT2D eigenvalue weighted by Gasteiger charge is 2.17. The normalized spacial score (nSPS) is 11.2. The summed E-state index contributed by atoms with van der Waals surface area (Å²) in [5, 5.41) is 3.42. The van der Waals surface area contributed by atoms with Crippen molar-refractivity contribution in [2.45, 2.75) is 13.5 Å². The van der Waals surface area contributed by atoms with Gasteiger partial charge in [0.2, 0.25) is 0 Å². The molecule has 1 heterocycles. The predicted octanol–water partition coefficient (Wildman–Crippen LogP) is 5.78. The molecule has 26 heavy (non-hydrogen) atoms. The van der Waals surface area contributed by atoms with E-state index in [0.29, 0.717) is 18.8 Å². The fourth-order valence-corrected chi connectivity index (χ4v) is 3.72. The van der Waals surface area contributed by atoms with Gasteiger partial charge in [0.05, 0.1) is 12.1 Å². The van der Waals surface area contributed by atoms with Gasteiger partial charge in [0.1, 0.15) is 5.69 Å². The van der Waals surface area contributed by atoms with Gasteiger partial charge in [0.15, 0.2) is 0 Å². The molecule has 0 N–H and O–H groups in total. The molecule has 3 nitrogen and oxygen atoms in total. The molecule has 0 aliphatic rings. The summed E-state index contributed by atoms with van der Waals surface area (Å²) in [6, 6.07) is 22.5. The van der Waals surface area contributed by atoms with Crippen LogP contribution in [0.1, 0.15) is 23.0 Å². The first kappa shape index (κ1) is 16.9. The second-order valence-corrected chi connectivity index (χ2v) is 7.09. The maximum absolute atomic E-state index is 12.5. The number of ether oxygens (including phenoxy) is 1. The first-order valence-corrected chi connectivity index (χ1v) is 9.39. The zero-order valence-corrected chi connectivity index (χ0v) is 16.0. The van der Waals surface area contributed by atoms with Crippen LogP contribution in [0.4, 0.5) is 0 Å². The van der Waals surface area contributed by atoms with Gasteiger partial charge in [-0.3, -0.25) is 0 Å². The van der Waals surface area contributed by atoms with Crippen LogP contribution in [-0.2, 0) is 11.3 Å². The predicted molar refractivity (Wildman–Crippen MR) is 109 cm³/mol. The van der Waals surface area contributed by atoms with E-state index in [1.54, 1.807) is 0 Å². The van der Waals surface area contributed by atoms with E-state index in [-0.39, 0.29) is 5.97 Å². The topological polar surface area (TPSA) is 31.2 Å². The molecule has 0 bridgehead atoms. The summed E-state index contributed by atoms with van der Waals surface area (Å²) in [4.78, 5) is 12.5. The summed E-state index contributed by atoms with van der Waals surface area (Å²) < 4.78 is 8.31. The number of esters is 1. The number of hydrogen-bond donors (Lipinski definition) is 0. The number of fused-ring (bicyclic) bond motifs is 2. The molecular formula is C22H18BrNO2. The summed E-state index contributed by atoms with van der Waals surface area (Å²) >= 11 is 3.54. The van der Waals surface area contributed by atoms with Crippen LogP contribution in [0.5, 0.6) is 0 Å². The number of benzene rings is 3. The summed E-state index contributed by atoms with van der Waals surface area (Å²) in [6.07, 6.45) is 0. The number of hydrogen-bond acceptors (Lipinski definition) is 2. The van der Waals surface area contributed by atoms with E-state index in [1.807, 2.05) is 47.9 Å². The lowest BCUT2D eigenvalue weighted by molar-refractivity contribution is 0.0515. The molecular weight excluding hydrogens is 390 g/mol. The van der Waals surface area contributed by atoms with Gasteiger partial charge in [0, 0.05) is 16.4 Å². The fourth-order valence-electron chi connectivity index (χ4n) is 3.37. The van der Waals surface area contributed by atoms with E-state index in [2.05, 4.69) is 46.3 Å². The van der Waals surface area contributed by atoms with Crippen LogP contribution in [0.3, 0.4) is 0 Å². The van der Waals surface area contributed by atoms with Crippen molar-refractivity contribution in [3.05, 3.63) is 82.5 Å². The van der Waals surface area contributed by atoms with Crippen LogP contribution >= 0.6 is 15.9 Å². The minimum Gasteiger partial charge on any atom is -0.461 e. The Morgan fingerprint density at radius 3 is 2.65 bits per heavy atom. The Hall–Kier alpha value is -2.59. The third-order valence-corrected chi connectivity index (χ3v) is 5.05. The van der Waals surface area contributed by atoms with Gasteiger partial charge in [-0.2, -0.15) is 0 Å². The largest absolute Gasteiger partial charge is 0.461 e. The monoisotopic (exact) mass is 407 g/mol. The number of carbonyl (C=O) groups excluding carboxylic acids is 1. The number of nitrogens with zero attached hydrogens (tertiary/aromatic N) is 1. The third-order valence-electron chi connectivity index (χ3n) is 4.56. The van der Waals surface area contributed by atoms with E-state index in [9.17, 15) is 4.79 Å². The molecule has 3 aromatic carbocycles. The first-order valence-electron chi connectivity index (χ1n) is 8.60. The van der Waals surface area contributed by atoms with Crippen molar-refractivity contribution in [3.63, 3.8) is 0 Å². The van der Waals surface area contributed by atoms with E-state index in [1.165, 1.54) is 16.3 Å². The highest BCUT2D eigenvalue weighted by molar-refractivity contribution is 9.10. The number of carbonyl (C=O) groups is 1. The molecule has 4 heteroatoms. The number of halogens is 1. The molecule has 0 fully saturated rings. The average Bonchev–Trinajstić information content (AvgIpc) is 3.00. The molecule has 0 spiro atoms. The molecule has 0 atom stereocenters. The third kappa shape index (κ3) is 3.01. The quantitative estimate of drug-likeness (QED) is 0.401. The van der Waals surface area contributed by atoms with E-state index < -0.39 is 0 Å². The molecule has 130 valence electrons. The molecule has 1 aromatic heterocycles. The van der Waals surface area contributed by atoms with Crippen LogP contribution in [0.2, 0.25) is 0 Å². The standard InChI is InChI=1S/C22H18BrNO2/c1-2-26-22(25)21-12-16-10-11-18(23)13-20(16)24(21)14-17-8-5-7-15-6-3-4-9-19(15)17/h3-13H,2,14H2,1H3. The number of aromatic nitrogens is 1. The summed E-state index contributed by atoms with van der Waals surface area (Å²) in [6.45, 7) is 2.79. The molecule has 0 aliphatic heterocycles. The van der Waals surface area contributed by atoms with Crippen molar-refractivity contribution in [1.29, 1.82) is 0 Å². The molecule has 4 aromatic rings. The first-order chi connectivity index (χ1) is 12.7. The SMILES string of the molecule is CCOC(=O)c1cc2ccc(Br)cc2n1Cc1cccc2ccccc12. The Bertz CT molecular complexity index is 1110. The summed E-state index contributed by atoms with van der Waals surface area (Å²) in [7, 11) is 0. The lowest BCUT2D eigenvalue weighted by Crippen LogP contribution is -2.13. The Morgan fingerprint density at radius 2 is 1.81 bits per heavy atom. The molecule has 0 radical (unpaired) electrons. The molecule has 4 rings (SSSR count). The molecule has 0 saturated carbocycles. The van der Waals surface area contributed by atoms with Gasteiger partial charge >= 0.3 is 5.97 Å². The van der Waals surface area contributed by atoms with Crippen LogP contribution in [-0.4, -0.2) is 17.1 Å². The van der Waals surface area contributed by atoms with Crippen LogP contribution in [0.15, 0.2) is 71.2 Å². The lowest BCUT2D eigenvalue weighted by Gasteiger charge is -2.13. The minimum atomic E-state index is -0.292. The highest BCUT2D eigenvalue weighted by atomic mass is 79.9. The van der Waals surface area contributed by atoms with Gasteiger partial charge in [-0.15, -0.1) is 0 Å². The smallest absolute Gasteiger partial charge is 0.354 e. The van der Waals surface area contributed by atoms with Crippen LogP contribution < -0.4 is 0 Å².